The topological polar surface area (TPSA) is 144 Å². The summed E-state index contributed by atoms with van der Waals surface area (Å²) in [4.78, 5) is 42.2. The number of fused-ring (bicyclic) bond motifs is 6. The predicted molar refractivity (Wildman–Crippen MR) is 571 cm³/mol. The molecule has 13 aromatic rings. The third-order valence-corrected chi connectivity index (χ3v) is 29.6. The van der Waals surface area contributed by atoms with Crippen LogP contribution in [0.2, 0.25) is 0 Å². The molecule has 10 aromatic carbocycles. The minimum Gasteiger partial charge on any atom is -0.871 e. The predicted octanol–water partition coefficient (Wildman–Crippen LogP) is 29.4. The molecule has 0 N–H and O–H groups in total. The van der Waals surface area contributed by atoms with E-state index in [0.29, 0.717) is 73.2 Å². The zero-order valence-corrected chi connectivity index (χ0v) is 86.9. The molecule has 23 rings (SSSR count). The van der Waals surface area contributed by atoms with Crippen molar-refractivity contribution in [3.8, 4) is 11.4 Å². The number of ketones is 3. The molecule has 20 heteroatoms. The fraction of sp³-hybridized carbons (Fsp3) is 0.264. The van der Waals surface area contributed by atoms with E-state index in [9.17, 15) is 56.0 Å². The summed E-state index contributed by atoms with van der Waals surface area (Å²) in [5, 5.41) is 44.6. The smallest absolute Gasteiger partial charge is 0.871 e. The van der Waals surface area contributed by atoms with Gasteiger partial charge in [0.2, 0.25) is 28.4 Å². The van der Waals surface area contributed by atoms with Gasteiger partial charge in [0.05, 0.1) is 55.6 Å². The number of aromatic nitrogens is 3. The summed E-state index contributed by atoms with van der Waals surface area (Å²) in [7, 11) is 0. The number of allylic oxidation sites excluding steroid dienone is 11. The molecule has 748 valence electrons. The number of Topliss-reactive ketones (excluding diaryl/α,β-unsaturated/α-hetero) is 3. The summed E-state index contributed by atoms with van der Waals surface area (Å²) in [5.74, 6) is -0.315. The zero-order valence-electron chi connectivity index (χ0n) is 84.7. The fourth-order valence-electron chi connectivity index (χ4n) is 23.0. The van der Waals surface area contributed by atoms with Gasteiger partial charge in [-0.25, -0.2) is 0 Å². The molecule has 12 nitrogen and oxygen atoms in total. The number of para-hydroxylation sites is 6. The molecule has 3 aliphatic heterocycles. The number of rotatable bonds is 13. The molecule has 0 saturated heterocycles. The molecule has 7 aliphatic carbocycles. The maximum Gasteiger partial charge on any atom is 2.00 e. The Morgan fingerprint density at radius 2 is 0.710 bits per heavy atom. The molecule has 0 radical (unpaired) electrons. The average molecular weight is 2030 g/mol. The van der Waals surface area contributed by atoms with E-state index >= 15 is 0 Å². The van der Waals surface area contributed by atoms with Crippen molar-refractivity contribution >= 4 is 141 Å². The summed E-state index contributed by atoms with van der Waals surface area (Å²) >= 11 is 0. The van der Waals surface area contributed by atoms with Gasteiger partial charge in [-0.2, -0.15) is 40.1 Å². The molecule has 145 heavy (non-hydrogen) atoms. The number of carbonyl (C=O) groups is 3. The van der Waals surface area contributed by atoms with Crippen LogP contribution in [0.25, 0.3) is 89.7 Å². The van der Waals surface area contributed by atoms with Gasteiger partial charge in [-0.1, -0.05) is 241 Å². The van der Waals surface area contributed by atoms with E-state index < -0.39 is 35.0 Å². The molecule has 0 bridgehead atoms. The van der Waals surface area contributed by atoms with Gasteiger partial charge in [0.15, 0.2) is 41.0 Å². The van der Waals surface area contributed by atoms with Crippen LogP contribution in [0.15, 0.2) is 283 Å². The number of benzene rings is 10. The molecule has 0 unspecified atom stereocenters. The first-order valence-electron chi connectivity index (χ1n) is 49.1. The van der Waals surface area contributed by atoms with Crippen LogP contribution in [-0.4, -0.2) is 59.3 Å². The summed E-state index contributed by atoms with van der Waals surface area (Å²) in [6.45, 7) is 19.0. The molecule has 0 atom stereocenters. The van der Waals surface area contributed by atoms with Crippen LogP contribution < -0.4 is 24.5 Å². The van der Waals surface area contributed by atoms with Crippen LogP contribution in [0.4, 0.5) is 54.8 Å². The Balaban J connectivity index is 0.000000170. The quantitative estimate of drug-likeness (QED) is 0.0370. The van der Waals surface area contributed by atoms with Crippen molar-refractivity contribution in [1.82, 2.24) is 22.9 Å². The Labute approximate surface area is 870 Å². The van der Waals surface area contributed by atoms with Crippen molar-refractivity contribution in [1.29, 1.82) is 0 Å². The molecule has 0 amide bonds. The van der Waals surface area contributed by atoms with Gasteiger partial charge in [-0.15, -0.1) is 0 Å². The van der Waals surface area contributed by atoms with Gasteiger partial charge >= 0.3 is 46.5 Å². The van der Waals surface area contributed by atoms with Crippen LogP contribution in [0.3, 0.4) is 0 Å². The second-order valence-corrected chi connectivity index (χ2v) is 38.3. The van der Waals surface area contributed by atoms with Crippen molar-refractivity contribution in [2.45, 2.75) is 197 Å². The summed E-state index contributed by atoms with van der Waals surface area (Å²) in [6.07, 6.45) is 24.3. The van der Waals surface area contributed by atoms with E-state index in [1.807, 2.05) is 101 Å². The largest absolute Gasteiger partial charge is 2.00 e. The van der Waals surface area contributed by atoms with E-state index in [-0.39, 0.29) is 121 Å². The third kappa shape index (κ3) is 20.1. The average Bonchev–Trinajstić information content (AvgIpc) is 1.55. The maximum atomic E-state index is 14.2. The summed E-state index contributed by atoms with van der Waals surface area (Å²) in [5.41, 5.74) is 20.7. The normalized spacial score (nSPS) is 18.0. The van der Waals surface area contributed by atoms with E-state index in [0.717, 1.165) is 149 Å². The summed E-state index contributed by atoms with van der Waals surface area (Å²) < 4.78 is 94.3. The standard InChI is InChI=1S/C40H32N2O2.C37H24F6N2O2.C34H36N2O2.2C5H10.4CH3.2Fe/c1-5-11-27-17-21-29(22-18-27)41-25(3)35(31-13-7-9-15-33(31)41)37-39(43)38(40(37)44)36-26(4)42(34-16-10-8-14-32(34)36)30-23-19-28(12-6-2)20-24-30;1-19-15-23(37(41,42)43)18-25(16-19)45-21(3)31(27-12-5-7-14-29(27)45)33-34(46)32(35(33)47)30-20(2)44(28-13-6-4-11-26(28)30)24-10-8-9-22(17-24)36(38,39)40;1-21-29(25-15-7-9-17-27(25)35(21)19-23-11-3-4-12-23)31-33(37)32(34(31)38)30-22(2)36(20-24-13-5-6-14-24)28-18-10-8-16-26(28)30;2*1-2-4-5-3-1;;;;;;/h5-24H,1-4H3;4-18H,1-3H3;7-10,15-18,23-24H,3-6,11-14,19-20H2,1-2H3;2*1-5H2;4*1H3;;/q;;;;;4*-1;2*+2/b11-5+,12-6+;;;;;;;;;;. The van der Waals surface area contributed by atoms with Gasteiger partial charge in [0.1, 0.15) is 0 Å². The van der Waals surface area contributed by atoms with Gasteiger partial charge in [0, 0.05) is 176 Å². The van der Waals surface area contributed by atoms with Gasteiger partial charge < -0.3 is 58.7 Å². The first kappa shape index (κ1) is 109. The number of alkyl halides is 6. The minimum atomic E-state index is -4.58. The molecule has 4 saturated carbocycles. The molecule has 3 aromatic heterocycles. The minimum absolute atomic E-state index is 0. The van der Waals surface area contributed by atoms with E-state index in [1.54, 1.807) is 84.5 Å². The molecular weight excluding hydrogens is 1910 g/mol. The molecule has 6 heterocycles. The van der Waals surface area contributed by atoms with Crippen LogP contribution in [0.1, 0.15) is 228 Å². The Hall–Kier alpha value is -13.2. The molecule has 0 spiro atoms. The van der Waals surface area contributed by atoms with E-state index in [4.69, 9.17) is 0 Å². The van der Waals surface area contributed by atoms with E-state index in [2.05, 4.69) is 129 Å². The first-order valence-corrected chi connectivity index (χ1v) is 49.1. The second kappa shape index (κ2) is 45.2. The third-order valence-electron chi connectivity index (χ3n) is 29.6. The molecular formula is C125H124F6Fe2N6O6. The van der Waals surface area contributed by atoms with Crippen molar-refractivity contribution in [3.05, 3.63) is 391 Å². The van der Waals surface area contributed by atoms with Crippen molar-refractivity contribution < 1.29 is 94.8 Å². The van der Waals surface area contributed by atoms with Crippen LogP contribution in [0.5, 0.6) is 0 Å². The van der Waals surface area contributed by atoms with Crippen molar-refractivity contribution in [2.75, 3.05) is 6.54 Å². The molecule has 4 fully saturated rings. The number of carbonyl (C=O) groups excluding carboxylic acids is 3. The zero-order chi connectivity index (χ0) is 97.1. The maximum absolute atomic E-state index is 14.2. The number of nitrogens with zero attached hydrogens (tertiary/aromatic N) is 6. The number of aryl methyl sites for hydroxylation is 1. The van der Waals surface area contributed by atoms with Gasteiger partial charge in [0.25, 0.3) is 0 Å². The number of halogens is 6. The fourth-order valence-corrected chi connectivity index (χ4v) is 23.0. The van der Waals surface area contributed by atoms with Crippen molar-refractivity contribution in [3.63, 3.8) is 0 Å². The van der Waals surface area contributed by atoms with Crippen LogP contribution in [0, 0.1) is 69.2 Å². The van der Waals surface area contributed by atoms with Crippen LogP contribution >= 0.6 is 0 Å². The summed E-state index contributed by atoms with van der Waals surface area (Å²) in [6, 6.07) is 71.5. The molecule has 10 aliphatic rings. The Morgan fingerprint density at radius 3 is 1.14 bits per heavy atom. The SMILES string of the molecule is C/C=C/c1ccc(-n2c(C)c(C3=C([O-])/C(=C4/C(C)=[N+](c5ccc(/C=C/C)cc5)c5ccccc54)C3=O)c3ccccc32)cc1.C1CCCC1.C1CCCC1.CC1=[N+](CC2CCCC2)c2ccccc2/C1=C1/C(=O)C(c2c(C)n(CC3CCCC3)c3ccccc23)=C1[O-].CC1=[N+](c2cccc(C(F)(F)F)c2)c2ccccc2C1=C1C(=O)C(c2c(C)n(-c3cc(C)cc(C(F)(F)F)c3)c3ccccc23)=C1[O-].[CH3-].[CH3-].[CH3-].[CH3-].[Fe+2].[Fe+2]. The Morgan fingerprint density at radius 1 is 0.345 bits per heavy atom. The van der Waals surface area contributed by atoms with E-state index in [1.165, 1.54) is 128 Å². The second-order valence-electron chi connectivity index (χ2n) is 38.3. The van der Waals surface area contributed by atoms with Crippen molar-refractivity contribution in [2.24, 2.45) is 11.8 Å². The first-order chi connectivity index (χ1) is 67.2. The Kier molecular flexibility index (Phi) is 34.0. The Bertz CT molecular complexity index is 7570. The van der Waals surface area contributed by atoms with Crippen LogP contribution in [-0.2, 0) is 67.4 Å². The number of hydrogen-bond acceptors (Lipinski definition) is 6. The van der Waals surface area contributed by atoms with Gasteiger partial charge in [-0.05, 0) is 175 Å². The van der Waals surface area contributed by atoms with Gasteiger partial charge in [-0.3, -0.25) is 14.4 Å². The number of hydrogen-bond donors (Lipinski definition) is 0. The monoisotopic (exact) mass is 2030 g/mol.